The zero-order valence-corrected chi connectivity index (χ0v) is 18.3. The Bertz CT molecular complexity index is 716. The van der Waals surface area contributed by atoms with E-state index < -0.39 is 10.0 Å². The first-order valence-electron chi connectivity index (χ1n) is 9.96. The molecule has 0 saturated heterocycles. The lowest BCUT2D eigenvalue weighted by Gasteiger charge is -2.33. The lowest BCUT2D eigenvalue weighted by molar-refractivity contribution is -0.121. The second-order valence-electron chi connectivity index (χ2n) is 7.42. The molecule has 1 aromatic carbocycles. The summed E-state index contributed by atoms with van der Waals surface area (Å²) in [4.78, 5) is 12.6. The maximum absolute atomic E-state index is 13.2. The Balaban J connectivity index is 2.05. The maximum atomic E-state index is 13.2. The van der Waals surface area contributed by atoms with Crippen molar-refractivity contribution in [3.63, 3.8) is 0 Å². The highest BCUT2D eigenvalue weighted by atomic mass is 35.5. The van der Waals surface area contributed by atoms with Gasteiger partial charge >= 0.3 is 0 Å². The van der Waals surface area contributed by atoms with Crippen molar-refractivity contribution in [3.8, 4) is 0 Å². The molecular weight excluding hydrogens is 400 g/mol. The van der Waals surface area contributed by atoms with Crippen LogP contribution in [-0.4, -0.2) is 50.5 Å². The molecule has 0 radical (unpaired) electrons. The summed E-state index contributed by atoms with van der Waals surface area (Å²) in [5, 5.41) is 3.29. The summed E-state index contributed by atoms with van der Waals surface area (Å²) in [6, 6.07) is 5.96. The molecule has 28 heavy (non-hydrogen) atoms. The number of amides is 1. The van der Waals surface area contributed by atoms with Gasteiger partial charge in [0, 0.05) is 24.2 Å². The summed E-state index contributed by atoms with van der Waals surface area (Å²) in [6.07, 6.45) is 5.47. The van der Waals surface area contributed by atoms with Crippen LogP contribution in [0.5, 0.6) is 0 Å². The van der Waals surface area contributed by atoms with E-state index in [2.05, 4.69) is 5.32 Å². The third-order valence-electron chi connectivity index (χ3n) is 4.80. The number of carbonyl (C=O) groups excluding carboxylic acids is 1. The van der Waals surface area contributed by atoms with Crippen LogP contribution in [0.15, 0.2) is 29.2 Å². The Morgan fingerprint density at radius 3 is 2.46 bits per heavy atom. The molecule has 1 fully saturated rings. The second kappa shape index (κ2) is 11.1. The Kier molecular flexibility index (Phi) is 9.21. The molecule has 0 bridgehead atoms. The van der Waals surface area contributed by atoms with Gasteiger partial charge in [-0.2, -0.15) is 4.31 Å². The minimum Gasteiger partial charge on any atom is -0.379 e. The molecule has 1 aliphatic rings. The van der Waals surface area contributed by atoms with E-state index in [-0.39, 0.29) is 29.5 Å². The van der Waals surface area contributed by atoms with Gasteiger partial charge in [0.1, 0.15) is 0 Å². The number of carbonyl (C=O) groups is 1. The van der Waals surface area contributed by atoms with Crippen LogP contribution in [0.25, 0.3) is 0 Å². The number of benzene rings is 1. The molecule has 1 aromatic rings. The normalized spacial score (nSPS) is 15.9. The third-order valence-corrected chi connectivity index (χ3v) is 6.96. The standard InChI is InChI=1S/C20H31ClN2O4S/c1-16(2)27-14-6-13-22-20(24)15-23(18-7-4-3-5-8-18)28(25,26)19-11-9-17(21)10-12-19/h9-12,16,18H,3-8,13-15H2,1-2H3,(H,22,24). The fraction of sp³-hybridized carbons (Fsp3) is 0.650. The smallest absolute Gasteiger partial charge is 0.243 e. The van der Waals surface area contributed by atoms with Crippen molar-refractivity contribution in [3.05, 3.63) is 29.3 Å². The molecule has 1 amide bonds. The first-order valence-corrected chi connectivity index (χ1v) is 11.8. The average molecular weight is 431 g/mol. The van der Waals surface area contributed by atoms with Gasteiger partial charge in [0.05, 0.1) is 17.5 Å². The number of nitrogens with zero attached hydrogens (tertiary/aromatic N) is 1. The molecule has 0 atom stereocenters. The van der Waals surface area contributed by atoms with Gasteiger partial charge < -0.3 is 10.1 Å². The molecule has 6 nitrogen and oxygen atoms in total. The molecule has 0 aliphatic heterocycles. The number of sulfonamides is 1. The predicted octanol–water partition coefficient (Wildman–Crippen LogP) is 3.59. The number of ether oxygens (including phenoxy) is 1. The van der Waals surface area contributed by atoms with Crippen molar-refractivity contribution in [2.75, 3.05) is 19.7 Å². The zero-order valence-electron chi connectivity index (χ0n) is 16.7. The fourth-order valence-electron chi connectivity index (χ4n) is 3.34. The first kappa shape index (κ1) is 23.1. The fourth-order valence-corrected chi connectivity index (χ4v) is 5.11. The highest BCUT2D eigenvalue weighted by Gasteiger charge is 2.33. The number of rotatable bonds is 10. The summed E-state index contributed by atoms with van der Waals surface area (Å²) in [7, 11) is -3.77. The van der Waals surface area contributed by atoms with Crippen LogP contribution in [-0.2, 0) is 19.6 Å². The Morgan fingerprint density at radius 2 is 1.86 bits per heavy atom. The van der Waals surface area contributed by atoms with Gasteiger partial charge in [0.15, 0.2) is 0 Å². The molecule has 1 saturated carbocycles. The molecule has 0 spiro atoms. The summed E-state index contributed by atoms with van der Waals surface area (Å²) >= 11 is 5.89. The van der Waals surface area contributed by atoms with Crippen molar-refractivity contribution in [2.24, 2.45) is 0 Å². The van der Waals surface area contributed by atoms with E-state index in [1.165, 1.54) is 16.4 Å². The highest BCUT2D eigenvalue weighted by Crippen LogP contribution is 2.28. The van der Waals surface area contributed by atoms with E-state index in [0.717, 1.165) is 32.1 Å². The van der Waals surface area contributed by atoms with Crippen LogP contribution in [0.2, 0.25) is 5.02 Å². The van der Waals surface area contributed by atoms with Crippen LogP contribution >= 0.6 is 11.6 Å². The number of nitrogens with one attached hydrogen (secondary N) is 1. The Hall–Kier alpha value is -1.15. The van der Waals surface area contributed by atoms with Gasteiger partial charge in [-0.05, 0) is 57.4 Å². The number of halogens is 1. The quantitative estimate of drug-likeness (QED) is 0.575. The first-order chi connectivity index (χ1) is 13.3. The molecule has 158 valence electrons. The van der Waals surface area contributed by atoms with Crippen LogP contribution in [0.3, 0.4) is 0 Å². The van der Waals surface area contributed by atoms with Crippen molar-refractivity contribution in [1.29, 1.82) is 0 Å². The van der Waals surface area contributed by atoms with Gasteiger partial charge in [-0.3, -0.25) is 4.79 Å². The maximum Gasteiger partial charge on any atom is 0.243 e. The number of hydrogen-bond acceptors (Lipinski definition) is 4. The molecule has 1 aliphatic carbocycles. The summed E-state index contributed by atoms with van der Waals surface area (Å²) < 4.78 is 33.2. The lowest BCUT2D eigenvalue weighted by atomic mass is 9.95. The summed E-state index contributed by atoms with van der Waals surface area (Å²) in [5.74, 6) is -0.285. The molecular formula is C20H31ClN2O4S. The van der Waals surface area contributed by atoms with Gasteiger partial charge in [-0.15, -0.1) is 0 Å². The minimum absolute atomic E-state index is 0.149. The molecule has 8 heteroatoms. The lowest BCUT2D eigenvalue weighted by Crippen LogP contribution is -2.47. The highest BCUT2D eigenvalue weighted by molar-refractivity contribution is 7.89. The Labute approximate surface area is 173 Å². The van der Waals surface area contributed by atoms with Crippen LogP contribution in [0, 0.1) is 0 Å². The van der Waals surface area contributed by atoms with Crippen molar-refractivity contribution >= 4 is 27.5 Å². The molecule has 0 aromatic heterocycles. The van der Waals surface area contributed by atoms with Gasteiger partial charge in [-0.25, -0.2) is 8.42 Å². The summed E-state index contributed by atoms with van der Waals surface area (Å²) in [6.45, 7) is 4.78. The average Bonchev–Trinajstić information content (AvgIpc) is 2.66. The van der Waals surface area contributed by atoms with E-state index in [1.807, 2.05) is 13.8 Å². The summed E-state index contributed by atoms with van der Waals surface area (Å²) in [5.41, 5.74) is 0. The van der Waals surface area contributed by atoms with E-state index >= 15 is 0 Å². The van der Waals surface area contributed by atoms with Gasteiger partial charge in [0.2, 0.25) is 15.9 Å². The van der Waals surface area contributed by atoms with Crippen LogP contribution < -0.4 is 5.32 Å². The van der Waals surface area contributed by atoms with Crippen molar-refractivity contribution in [2.45, 2.75) is 69.4 Å². The Morgan fingerprint density at radius 1 is 1.21 bits per heavy atom. The van der Waals surface area contributed by atoms with E-state index in [9.17, 15) is 13.2 Å². The minimum atomic E-state index is -3.77. The SMILES string of the molecule is CC(C)OCCCNC(=O)CN(C1CCCCC1)S(=O)(=O)c1ccc(Cl)cc1. The third kappa shape index (κ3) is 7.03. The van der Waals surface area contributed by atoms with Gasteiger partial charge in [-0.1, -0.05) is 30.9 Å². The topological polar surface area (TPSA) is 75.7 Å². The van der Waals surface area contributed by atoms with E-state index in [4.69, 9.17) is 16.3 Å². The molecule has 1 N–H and O–H groups in total. The van der Waals surface area contributed by atoms with Crippen LogP contribution in [0.4, 0.5) is 0 Å². The molecule has 0 heterocycles. The van der Waals surface area contributed by atoms with E-state index in [0.29, 0.717) is 24.6 Å². The molecule has 2 rings (SSSR count). The predicted molar refractivity (Wildman–Crippen MR) is 111 cm³/mol. The van der Waals surface area contributed by atoms with E-state index in [1.54, 1.807) is 12.1 Å². The zero-order chi connectivity index (χ0) is 20.6. The second-order valence-corrected chi connectivity index (χ2v) is 9.75. The largest absolute Gasteiger partial charge is 0.379 e. The van der Waals surface area contributed by atoms with Crippen molar-refractivity contribution in [1.82, 2.24) is 9.62 Å². The monoisotopic (exact) mass is 430 g/mol. The van der Waals surface area contributed by atoms with Crippen molar-refractivity contribution < 1.29 is 17.9 Å². The van der Waals surface area contributed by atoms with Crippen LogP contribution in [0.1, 0.15) is 52.4 Å². The van der Waals surface area contributed by atoms with Gasteiger partial charge in [0.25, 0.3) is 0 Å². The number of hydrogen-bond donors (Lipinski definition) is 1. The molecule has 0 unspecified atom stereocenters.